The maximum atomic E-state index is 13.4. The van der Waals surface area contributed by atoms with Crippen molar-refractivity contribution < 1.29 is 19.4 Å². The molecule has 1 atom stereocenters. The van der Waals surface area contributed by atoms with Crippen LogP contribution in [0.1, 0.15) is 36.6 Å². The number of Topliss-reactive ketones (excluding diaryl/α,β-unsaturated/α-hetero) is 1. The summed E-state index contributed by atoms with van der Waals surface area (Å²) in [5.41, 5.74) is 3.50. The molecule has 3 aromatic rings. The molecule has 7 heteroatoms. The van der Waals surface area contributed by atoms with E-state index in [4.69, 9.17) is 16.3 Å². The molecule has 3 aromatic carbocycles. The maximum absolute atomic E-state index is 13.4. The highest BCUT2D eigenvalue weighted by Gasteiger charge is 2.47. The van der Waals surface area contributed by atoms with E-state index in [2.05, 4.69) is 18.7 Å². The molecule has 0 aromatic heterocycles. The molecule has 1 unspecified atom stereocenters. The molecule has 1 saturated heterocycles. The van der Waals surface area contributed by atoms with Crippen molar-refractivity contribution in [3.63, 3.8) is 0 Å². The summed E-state index contributed by atoms with van der Waals surface area (Å²) in [6, 6.07) is 18.9. The Bertz CT molecular complexity index is 1310. The molecule has 1 N–H and O–H groups in total. The molecule has 0 saturated carbocycles. The summed E-state index contributed by atoms with van der Waals surface area (Å²) in [5.74, 6) is -1.03. The number of carbonyl (C=O) groups is 2. The number of rotatable bonds is 7. The van der Waals surface area contributed by atoms with Crippen LogP contribution in [0.3, 0.4) is 0 Å². The monoisotopic (exact) mass is 504 g/mol. The lowest BCUT2D eigenvalue weighted by atomic mass is 9.93. The second-order valence-corrected chi connectivity index (χ2v) is 9.03. The van der Waals surface area contributed by atoms with E-state index >= 15 is 0 Å². The first-order chi connectivity index (χ1) is 17.3. The lowest BCUT2D eigenvalue weighted by Gasteiger charge is -2.27. The molecular formula is C29H29ClN2O4. The van der Waals surface area contributed by atoms with Gasteiger partial charge in [0.15, 0.2) is 0 Å². The lowest BCUT2D eigenvalue weighted by Crippen LogP contribution is -2.29. The van der Waals surface area contributed by atoms with Gasteiger partial charge in [0.05, 0.1) is 18.7 Å². The zero-order valence-corrected chi connectivity index (χ0v) is 21.5. The van der Waals surface area contributed by atoms with E-state index in [1.165, 1.54) is 4.90 Å². The van der Waals surface area contributed by atoms with Gasteiger partial charge in [0.1, 0.15) is 11.5 Å². The quantitative estimate of drug-likeness (QED) is 0.238. The molecule has 1 heterocycles. The first kappa shape index (κ1) is 25.3. The molecule has 0 bridgehead atoms. The number of benzene rings is 3. The van der Waals surface area contributed by atoms with E-state index < -0.39 is 17.7 Å². The number of ketones is 1. The van der Waals surface area contributed by atoms with Gasteiger partial charge >= 0.3 is 0 Å². The predicted molar refractivity (Wildman–Crippen MR) is 144 cm³/mol. The van der Waals surface area contributed by atoms with Crippen LogP contribution in [0.25, 0.3) is 5.76 Å². The van der Waals surface area contributed by atoms with Gasteiger partial charge in [0.2, 0.25) is 0 Å². The summed E-state index contributed by atoms with van der Waals surface area (Å²) in [5, 5.41) is 11.9. The number of halogens is 1. The van der Waals surface area contributed by atoms with Crippen LogP contribution in [0.4, 0.5) is 11.4 Å². The number of hydrogen-bond donors (Lipinski definition) is 1. The smallest absolute Gasteiger partial charge is 0.300 e. The second kappa shape index (κ2) is 10.5. The van der Waals surface area contributed by atoms with Crippen LogP contribution in [0.2, 0.25) is 5.02 Å². The van der Waals surface area contributed by atoms with E-state index in [-0.39, 0.29) is 11.3 Å². The van der Waals surface area contributed by atoms with Gasteiger partial charge in [-0.25, -0.2) is 0 Å². The van der Waals surface area contributed by atoms with E-state index in [0.717, 1.165) is 24.3 Å². The number of carbonyl (C=O) groups excluding carboxylic acids is 2. The molecule has 4 rings (SSSR count). The summed E-state index contributed by atoms with van der Waals surface area (Å²) in [7, 11) is 1.56. The third kappa shape index (κ3) is 4.56. The Labute approximate surface area is 216 Å². The minimum Gasteiger partial charge on any atom is -0.507 e. The topological polar surface area (TPSA) is 70.1 Å². The van der Waals surface area contributed by atoms with Gasteiger partial charge in [0.25, 0.3) is 11.7 Å². The highest BCUT2D eigenvalue weighted by atomic mass is 35.5. The normalized spacial score (nSPS) is 16.9. The number of anilines is 2. The number of hydrogen-bond acceptors (Lipinski definition) is 5. The van der Waals surface area contributed by atoms with Crippen molar-refractivity contribution in [1.82, 2.24) is 0 Å². The van der Waals surface area contributed by atoms with Crippen molar-refractivity contribution in [2.75, 3.05) is 30.0 Å². The van der Waals surface area contributed by atoms with Crippen LogP contribution in [-0.4, -0.2) is 37.0 Å². The van der Waals surface area contributed by atoms with Crippen LogP contribution in [-0.2, 0) is 9.59 Å². The Hall–Kier alpha value is -3.77. The zero-order chi connectivity index (χ0) is 26.0. The van der Waals surface area contributed by atoms with Crippen LogP contribution < -0.4 is 14.5 Å². The molecule has 186 valence electrons. The SMILES string of the molecule is CCN(CC)c1ccc(C2/C(=C(/O)c3ccc(OC)cc3C)C(=O)C(=O)N2c2ccc(Cl)cc2)cc1. The first-order valence-corrected chi connectivity index (χ1v) is 12.2. The van der Waals surface area contributed by atoms with Crippen LogP contribution >= 0.6 is 11.6 Å². The van der Waals surface area contributed by atoms with Gasteiger partial charge < -0.3 is 14.7 Å². The van der Waals surface area contributed by atoms with Gasteiger partial charge in [-0.05, 0) is 86.5 Å². The van der Waals surface area contributed by atoms with Crippen molar-refractivity contribution in [2.45, 2.75) is 26.8 Å². The Morgan fingerprint density at radius 3 is 2.19 bits per heavy atom. The van der Waals surface area contributed by atoms with Crippen molar-refractivity contribution >= 4 is 40.4 Å². The van der Waals surface area contributed by atoms with Gasteiger partial charge in [-0.15, -0.1) is 0 Å². The van der Waals surface area contributed by atoms with E-state index in [9.17, 15) is 14.7 Å². The third-order valence-corrected chi connectivity index (χ3v) is 6.83. The van der Waals surface area contributed by atoms with Gasteiger partial charge in [-0.2, -0.15) is 0 Å². The lowest BCUT2D eigenvalue weighted by molar-refractivity contribution is -0.132. The number of amides is 1. The molecule has 36 heavy (non-hydrogen) atoms. The van der Waals surface area contributed by atoms with Crippen molar-refractivity contribution in [2.24, 2.45) is 0 Å². The third-order valence-electron chi connectivity index (χ3n) is 6.58. The molecule has 1 fully saturated rings. The van der Waals surface area contributed by atoms with E-state index in [1.54, 1.807) is 49.6 Å². The second-order valence-electron chi connectivity index (χ2n) is 8.59. The largest absolute Gasteiger partial charge is 0.507 e. The maximum Gasteiger partial charge on any atom is 0.300 e. The molecule has 6 nitrogen and oxygen atoms in total. The zero-order valence-electron chi connectivity index (χ0n) is 20.8. The highest BCUT2D eigenvalue weighted by Crippen LogP contribution is 2.43. The minimum atomic E-state index is -0.807. The Kier molecular flexibility index (Phi) is 7.36. The molecular weight excluding hydrogens is 476 g/mol. The summed E-state index contributed by atoms with van der Waals surface area (Å²) in [4.78, 5) is 30.4. The molecule has 1 amide bonds. The average molecular weight is 505 g/mol. The summed E-state index contributed by atoms with van der Waals surface area (Å²) in [6.45, 7) is 7.71. The van der Waals surface area contributed by atoms with Crippen LogP contribution in [0.15, 0.2) is 72.3 Å². The van der Waals surface area contributed by atoms with Gasteiger partial charge in [-0.1, -0.05) is 23.7 Å². The fourth-order valence-electron chi connectivity index (χ4n) is 4.65. The van der Waals surface area contributed by atoms with Crippen molar-refractivity contribution in [1.29, 1.82) is 0 Å². The van der Waals surface area contributed by atoms with Crippen molar-refractivity contribution in [3.05, 3.63) is 94.0 Å². The Morgan fingerprint density at radius 2 is 1.64 bits per heavy atom. The standard InChI is InChI=1S/C29H29ClN2O4/c1-5-31(6-2)21-11-7-19(8-12-21)26-25(27(33)24-16-15-23(36-4)17-18(24)3)28(34)29(35)32(26)22-13-9-20(30)10-14-22/h7-17,26,33H,5-6H2,1-4H3/b27-25-. The summed E-state index contributed by atoms with van der Waals surface area (Å²) < 4.78 is 5.28. The predicted octanol–water partition coefficient (Wildman–Crippen LogP) is 6.13. The first-order valence-electron chi connectivity index (χ1n) is 11.9. The Morgan fingerprint density at radius 1 is 1.00 bits per heavy atom. The van der Waals surface area contributed by atoms with E-state index in [0.29, 0.717) is 27.6 Å². The van der Waals surface area contributed by atoms with Gasteiger partial charge in [0, 0.05) is 35.1 Å². The fourth-order valence-corrected chi connectivity index (χ4v) is 4.77. The summed E-state index contributed by atoms with van der Waals surface area (Å²) >= 11 is 6.08. The van der Waals surface area contributed by atoms with Crippen LogP contribution in [0, 0.1) is 6.92 Å². The number of methoxy groups -OCH3 is 1. The number of aliphatic hydroxyl groups is 1. The highest BCUT2D eigenvalue weighted by molar-refractivity contribution is 6.51. The number of aliphatic hydroxyl groups excluding tert-OH is 1. The van der Waals surface area contributed by atoms with E-state index in [1.807, 2.05) is 31.2 Å². The minimum absolute atomic E-state index is 0.0406. The Balaban J connectivity index is 1.90. The molecule has 0 radical (unpaired) electrons. The molecule has 0 aliphatic carbocycles. The van der Waals surface area contributed by atoms with Crippen molar-refractivity contribution in [3.8, 4) is 5.75 Å². The number of ether oxygens (including phenoxy) is 1. The molecule has 1 aliphatic heterocycles. The number of nitrogens with zero attached hydrogens (tertiary/aromatic N) is 2. The summed E-state index contributed by atoms with van der Waals surface area (Å²) in [6.07, 6.45) is 0. The fraction of sp³-hybridized carbons (Fsp3) is 0.241. The van der Waals surface area contributed by atoms with Crippen LogP contribution in [0.5, 0.6) is 5.75 Å². The molecule has 0 spiro atoms. The number of aryl methyl sites for hydroxylation is 1. The average Bonchev–Trinajstić information content (AvgIpc) is 3.15. The van der Waals surface area contributed by atoms with Gasteiger partial charge in [-0.3, -0.25) is 14.5 Å². The molecule has 1 aliphatic rings.